The minimum absolute atomic E-state index is 0.0556. The lowest BCUT2D eigenvalue weighted by Crippen LogP contribution is -2.36. The molecule has 0 aromatic heterocycles. The monoisotopic (exact) mass is 284 g/mol. The summed E-state index contributed by atoms with van der Waals surface area (Å²) in [5.74, 6) is -0.0889. The van der Waals surface area contributed by atoms with Gasteiger partial charge in [0.15, 0.2) is 5.11 Å². The van der Waals surface area contributed by atoms with E-state index in [0.717, 1.165) is 5.69 Å². The zero-order valence-corrected chi connectivity index (χ0v) is 12.3. The summed E-state index contributed by atoms with van der Waals surface area (Å²) in [6.45, 7) is 6.01. The van der Waals surface area contributed by atoms with Gasteiger partial charge in [-0.3, -0.25) is 4.79 Å². The van der Waals surface area contributed by atoms with E-state index in [1.54, 1.807) is 24.3 Å². The molecule has 0 atom stereocenters. The first-order valence-corrected chi connectivity index (χ1v) is 6.41. The zero-order chi connectivity index (χ0) is 13.8. The van der Waals surface area contributed by atoms with Crippen LogP contribution in [0.5, 0.6) is 0 Å². The predicted molar refractivity (Wildman–Crippen MR) is 79.9 cm³/mol. The van der Waals surface area contributed by atoms with Gasteiger partial charge in [0.05, 0.1) is 0 Å². The van der Waals surface area contributed by atoms with E-state index in [1.165, 1.54) is 0 Å². The molecule has 0 unspecified atom stereocenters. The number of hydrogen-bond donors (Lipinski definition) is 2. The second kappa shape index (κ2) is 6.16. The van der Waals surface area contributed by atoms with E-state index in [9.17, 15) is 4.79 Å². The molecule has 1 aromatic rings. The van der Waals surface area contributed by atoms with Crippen LogP contribution in [0.25, 0.3) is 0 Å². The first-order chi connectivity index (χ1) is 8.26. The van der Waals surface area contributed by atoms with Gasteiger partial charge < -0.3 is 10.6 Å². The molecule has 1 rings (SSSR count). The number of halogens is 1. The van der Waals surface area contributed by atoms with Gasteiger partial charge >= 0.3 is 0 Å². The Morgan fingerprint density at radius 1 is 1.28 bits per heavy atom. The van der Waals surface area contributed by atoms with Crippen LogP contribution >= 0.6 is 23.8 Å². The predicted octanol–water partition coefficient (Wildman–Crippen LogP) is 3.59. The molecule has 0 fully saturated rings. The topological polar surface area (TPSA) is 41.1 Å². The van der Waals surface area contributed by atoms with Crippen molar-refractivity contribution in [2.75, 3.05) is 5.32 Å². The lowest BCUT2D eigenvalue weighted by atomic mass is 9.92. The highest BCUT2D eigenvalue weighted by molar-refractivity contribution is 7.80. The molecule has 0 aliphatic rings. The largest absolute Gasteiger partial charge is 0.332 e. The lowest BCUT2D eigenvalue weighted by molar-refractivity contribution is -0.121. The smallest absolute Gasteiger partial charge is 0.226 e. The maximum atomic E-state index is 11.7. The van der Waals surface area contributed by atoms with E-state index >= 15 is 0 Å². The number of thiocarbonyl (C=S) groups is 1. The van der Waals surface area contributed by atoms with Gasteiger partial charge in [0.25, 0.3) is 0 Å². The number of carbonyl (C=O) groups excluding carboxylic acids is 1. The molecule has 0 heterocycles. The highest BCUT2D eigenvalue weighted by Crippen LogP contribution is 2.18. The van der Waals surface area contributed by atoms with Crippen LogP contribution in [-0.2, 0) is 4.79 Å². The fourth-order valence-corrected chi connectivity index (χ4v) is 1.71. The summed E-state index contributed by atoms with van der Waals surface area (Å²) < 4.78 is 0. The molecule has 0 radical (unpaired) electrons. The Morgan fingerprint density at radius 3 is 2.33 bits per heavy atom. The first-order valence-electron chi connectivity index (χ1n) is 5.63. The van der Waals surface area contributed by atoms with Crippen molar-refractivity contribution >= 4 is 40.5 Å². The van der Waals surface area contributed by atoms with Gasteiger partial charge in [0, 0.05) is 17.1 Å². The maximum absolute atomic E-state index is 11.7. The normalized spacial score (nSPS) is 10.9. The second-order valence-corrected chi connectivity index (χ2v) is 6.09. The molecule has 0 aliphatic heterocycles. The van der Waals surface area contributed by atoms with Crippen LogP contribution in [0.1, 0.15) is 27.2 Å². The highest BCUT2D eigenvalue weighted by atomic mass is 35.5. The van der Waals surface area contributed by atoms with Gasteiger partial charge in [-0.05, 0) is 41.9 Å². The van der Waals surface area contributed by atoms with E-state index in [1.807, 2.05) is 20.8 Å². The summed E-state index contributed by atoms with van der Waals surface area (Å²) in [7, 11) is 0. The third kappa shape index (κ3) is 5.98. The average molecular weight is 285 g/mol. The van der Waals surface area contributed by atoms with Crippen molar-refractivity contribution in [3.05, 3.63) is 29.3 Å². The second-order valence-electron chi connectivity index (χ2n) is 5.25. The Hall–Kier alpha value is -1.13. The van der Waals surface area contributed by atoms with Crippen LogP contribution in [0, 0.1) is 5.41 Å². The number of rotatable bonds is 2. The van der Waals surface area contributed by atoms with Crippen molar-refractivity contribution in [2.24, 2.45) is 5.41 Å². The molecule has 0 saturated heterocycles. The molecule has 2 N–H and O–H groups in total. The van der Waals surface area contributed by atoms with E-state index < -0.39 is 0 Å². The van der Waals surface area contributed by atoms with Crippen LogP contribution in [0.4, 0.5) is 5.69 Å². The van der Waals surface area contributed by atoms with Crippen molar-refractivity contribution in [1.82, 2.24) is 5.32 Å². The average Bonchev–Trinajstić information content (AvgIpc) is 2.18. The van der Waals surface area contributed by atoms with Gasteiger partial charge in [-0.1, -0.05) is 32.4 Å². The Morgan fingerprint density at radius 2 is 1.83 bits per heavy atom. The lowest BCUT2D eigenvalue weighted by Gasteiger charge is -2.17. The molecule has 3 nitrogen and oxygen atoms in total. The highest BCUT2D eigenvalue weighted by Gasteiger charge is 2.16. The zero-order valence-electron chi connectivity index (χ0n) is 10.7. The molecular weight excluding hydrogens is 268 g/mol. The Bertz CT molecular complexity index is 437. The molecule has 1 aromatic carbocycles. The minimum atomic E-state index is -0.0889. The van der Waals surface area contributed by atoms with Crippen molar-refractivity contribution in [2.45, 2.75) is 27.2 Å². The molecule has 0 saturated carbocycles. The molecule has 98 valence electrons. The van der Waals surface area contributed by atoms with E-state index in [4.69, 9.17) is 23.8 Å². The van der Waals surface area contributed by atoms with Gasteiger partial charge in [0.1, 0.15) is 0 Å². The van der Waals surface area contributed by atoms with Gasteiger partial charge in [0.2, 0.25) is 5.91 Å². The minimum Gasteiger partial charge on any atom is -0.332 e. The number of benzene rings is 1. The summed E-state index contributed by atoms with van der Waals surface area (Å²) in [6.07, 6.45) is 0.426. The number of anilines is 1. The third-order valence-corrected chi connectivity index (χ3v) is 2.50. The van der Waals surface area contributed by atoms with Gasteiger partial charge in [-0.2, -0.15) is 0 Å². The Kier molecular flexibility index (Phi) is 5.11. The quantitative estimate of drug-likeness (QED) is 0.816. The van der Waals surface area contributed by atoms with Gasteiger partial charge in [-0.25, -0.2) is 0 Å². The van der Waals surface area contributed by atoms with Crippen molar-refractivity contribution in [1.29, 1.82) is 0 Å². The van der Waals surface area contributed by atoms with Crippen LogP contribution in [0.15, 0.2) is 24.3 Å². The Balaban J connectivity index is 2.47. The van der Waals surface area contributed by atoms with E-state index in [0.29, 0.717) is 16.6 Å². The van der Waals surface area contributed by atoms with E-state index in [-0.39, 0.29) is 11.3 Å². The van der Waals surface area contributed by atoms with Gasteiger partial charge in [-0.15, -0.1) is 0 Å². The maximum Gasteiger partial charge on any atom is 0.226 e. The van der Waals surface area contributed by atoms with Crippen LogP contribution < -0.4 is 10.6 Å². The third-order valence-electron chi connectivity index (χ3n) is 2.05. The molecule has 0 aliphatic carbocycles. The fraction of sp³-hybridized carbons (Fsp3) is 0.385. The molecule has 1 amide bonds. The number of hydrogen-bond acceptors (Lipinski definition) is 2. The fourth-order valence-electron chi connectivity index (χ4n) is 1.35. The summed E-state index contributed by atoms with van der Waals surface area (Å²) in [6, 6.07) is 7.10. The summed E-state index contributed by atoms with van der Waals surface area (Å²) in [5.41, 5.74) is 0.737. The molecule has 0 spiro atoms. The summed E-state index contributed by atoms with van der Waals surface area (Å²) in [4.78, 5) is 11.7. The SMILES string of the molecule is CC(C)(C)CC(=O)NC(=S)Nc1ccc(Cl)cc1. The van der Waals surface area contributed by atoms with E-state index in [2.05, 4.69) is 10.6 Å². The van der Waals surface area contributed by atoms with Crippen LogP contribution in [0.2, 0.25) is 5.02 Å². The number of nitrogens with one attached hydrogen (secondary N) is 2. The van der Waals surface area contributed by atoms with Crippen LogP contribution in [0.3, 0.4) is 0 Å². The molecule has 0 bridgehead atoms. The van der Waals surface area contributed by atoms with Crippen LogP contribution in [-0.4, -0.2) is 11.0 Å². The molecular formula is C13H17ClN2OS. The standard InChI is InChI=1S/C13H17ClN2OS/c1-13(2,3)8-11(17)16-12(18)15-10-6-4-9(14)5-7-10/h4-7H,8H2,1-3H3,(H2,15,16,17,18). The molecule has 18 heavy (non-hydrogen) atoms. The van der Waals surface area contributed by atoms with Crippen molar-refractivity contribution < 1.29 is 4.79 Å². The summed E-state index contributed by atoms with van der Waals surface area (Å²) in [5, 5.41) is 6.53. The first kappa shape index (κ1) is 14.9. The van der Waals surface area contributed by atoms with Crippen molar-refractivity contribution in [3.8, 4) is 0 Å². The summed E-state index contributed by atoms with van der Waals surface area (Å²) >= 11 is 10.8. The number of amides is 1. The number of carbonyl (C=O) groups is 1. The molecule has 5 heteroatoms. The van der Waals surface area contributed by atoms with Crippen molar-refractivity contribution in [3.63, 3.8) is 0 Å². The Labute approximate surface area is 118 Å².